The molecule has 0 aliphatic carbocycles. The Morgan fingerprint density at radius 3 is 2.86 bits per heavy atom. The predicted molar refractivity (Wildman–Crippen MR) is 84.5 cm³/mol. The molecule has 3 nitrogen and oxygen atoms in total. The van der Waals surface area contributed by atoms with Gasteiger partial charge in [0, 0.05) is 23.7 Å². The number of piperidine rings is 1. The van der Waals surface area contributed by atoms with Crippen LogP contribution in [0.1, 0.15) is 38.0 Å². The van der Waals surface area contributed by atoms with E-state index >= 15 is 0 Å². The summed E-state index contributed by atoms with van der Waals surface area (Å²) in [6.07, 6.45) is 3.92. The average Bonchev–Trinajstić information content (AvgIpc) is 2.96. The van der Waals surface area contributed by atoms with Gasteiger partial charge in [-0.3, -0.25) is 0 Å². The second-order valence-electron chi connectivity index (χ2n) is 6.15. The summed E-state index contributed by atoms with van der Waals surface area (Å²) in [6.45, 7) is 6.37. The van der Waals surface area contributed by atoms with Crippen LogP contribution in [0.15, 0.2) is 24.3 Å². The number of halogens is 1. The molecule has 0 radical (unpaired) electrons. The number of ether oxygens (including phenoxy) is 2. The highest BCUT2D eigenvalue weighted by molar-refractivity contribution is 6.30. The molecule has 21 heavy (non-hydrogen) atoms. The molecule has 1 aromatic rings. The fraction of sp³-hybridized carbons (Fsp3) is 0.647. The number of hydrogen-bond acceptors (Lipinski definition) is 3. The molecule has 3 unspecified atom stereocenters. The minimum absolute atomic E-state index is 0.182. The Morgan fingerprint density at radius 2 is 2.10 bits per heavy atom. The van der Waals surface area contributed by atoms with Crippen LogP contribution in [0.3, 0.4) is 0 Å². The van der Waals surface area contributed by atoms with E-state index in [2.05, 4.69) is 11.8 Å². The zero-order valence-corrected chi connectivity index (χ0v) is 13.4. The minimum atomic E-state index is -0.237. The van der Waals surface area contributed by atoms with E-state index in [0.717, 1.165) is 23.0 Å². The Balaban J connectivity index is 1.51. The molecule has 3 rings (SSSR count). The van der Waals surface area contributed by atoms with Crippen molar-refractivity contribution in [2.24, 2.45) is 5.92 Å². The van der Waals surface area contributed by atoms with Crippen LogP contribution in [0.2, 0.25) is 5.02 Å². The minimum Gasteiger partial charge on any atom is -0.346 e. The second-order valence-corrected chi connectivity index (χ2v) is 6.59. The summed E-state index contributed by atoms with van der Waals surface area (Å²) >= 11 is 5.91. The lowest BCUT2D eigenvalue weighted by Gasteiger charge is -2.33. The van der Waals surface area contributed by atoms with E-state index in [-0.39, 0.29) is 12.4 Å². The maximum absolute atomic E-state index is 6.05. The lowest BCUT2D eigenvalue weighted by Crippen LogP contribution is -2.40. The van der Waals surface area contributed by atoms with Crippen LogP contribution < -0.4 is 0 Å². The van der Waals surface area contributed by atoms with E-state index in [4.69, 9.17) is 21.1 Å². The lowest BCUT2D eigenvalue weighted by molar-refractivity contribution is -0.0656. The Labute approximate surface area is 132 Å². The Hall–Kier alpha value is -0.610. The standard InChI is InChI=1S/C17H24ClNO2/c1-2-13-4-3-9-19(10-13)11-16-12-20-17(21-16)14-5-7-15(18)8-6-14/h5-8,13,16-17H,2-4,9-12H2,1H3. The molecular weight excluding hydrogens is 286 g/mol. The monoisotopic (exact) mass is 309 g/mol. The molecule has 4 heteroatoms. The van der Waals surface area contributed by atoms with Gasteiger partial charge in [0.2, 0.25) is 0 Å². The van der Waals surface area contributed by atoms with Gasteiger partial charge in [-0.25, -0.2) is 0 Å². The normalized spacial score (nSPS) is 30.7. The van der Waals surface area contributed by atoms with Crippen molar-refractivity contribution < 1.29 is 9.47 Å². The summed E-state index contributed by atoms with van der Waals surface area (Å²) in [5.41, 5.74) is 1.05. The molecule has 0 N–H and O–H groups in total. The van der Waals surface area contributed by atoms with E-state index < -0.39 is 0 Å². The first-order chi connectivity index (χ1) is 10.2. The number of benzene rings is 1. The summed E-state index contributed by atoms with van der Waals surface area (Å²) in [5, 5.41) is 0.743. The Morgan fingerprint density at radius 1 is 1.29 bits per heavy atom. The summed E-state index contributed by atoms with van der Waals surface area (Å²) < 4.78 is 11.8. The highest BCUT2D eigenvalue weighted by Crippen LogP contribution is 2.29. The van der Waals surface area contributed by atoms with Crippen LogP contribution in [0.5, 0.6) is 0 Å². The summed E-state index contributed by atoms with van der Waals surface area (Å²) in [4.78, 5) is 2.54. The molecule has 2 heterocycles. The lowest BCUT2D eigenvalue weighted by atomic mass is 9.95. The van der Waals surface area contributed by atoms with Gasteiger partial charge in [0.15, 0.2) is 6.29 Å². The zero-order chi connectivity index (χ0) is 14.7. The molecule has 0 saturated carbocycles. The van der Waals surface area contributed by atoms with E-state index in [1.54, 1.807) is 0 Å². The van der Waals surface area contributed by atoms with Gasteiger partial charge in [-0.15, -0.1) is 0 Å². The van der Waals surface area contributed by atoms with Crippen LogP contribution in [0.4, 0.5) is 0 Å². The third kappa shape index (κ3) is 3.98. The van der Waals surface area contributed by atoms with Gasteiger partial charge in [0.1, 0.15) is 0 Å². The van der Waals surface area contributed by atoms with Gasteiger partial charge in [-0.05, 0) is 37.4 Å². The first kappa shape index (κ1) is 15.3. The van der Waals surface area contributed by atoms with Crippen LogP contribution in [-0.4, -0.2) is 37.2 Å². The fourth-order valence-electron chi connectivity index (χ4n) is 3.28. The van der Waals surface area contributed by atoms with Crippen molar-refractivity contribution in [1.82, 2.24) is 4.90 Å². The molecule has 0 bridgehead atoms. The molecule has 2 aliphatic heterocycles. The SMILES string of the molecule is CCC1CCCN(CC2COC(c3ccc(Cl)cc3)O2)C1. The maximum atomic E-state index is 6.05. The van der Waals surface area contributed by atoms with Crippen LogP contribution in [0, 0.1) is 5.92 Å². The molecule has 0 amide bonds. The smallest absolute Gasteiger partial charge is 0.184 e. The van der Waals surface area contributed by atoms with Crippen molar-refractivity contribution in [3.8, 4) is 0 Å². The van der Waals surface area contributed by atoms with Gasteiger partial charge in [-0.1, -0.05) is 37.1 Å². The largest absolute Gasteiger partial charge is 0.346 e. The Kier molecular flexibility index (Phi) is 5.17. The first-order valence-electron chi connectivity index (χ1n) is 7.99. The molecule has 2 saturated heterocycles. The van der Waals surface area contributed by atoms with Gasteiger partial charge in [0.05, 0.1) is 12.7 Å². The van der Waals surface area contributed by atoms with Crippen molar-refractivity contribution >= 4 is 11.6 Å². The summed E-state index contributed by atoms with van der Waals surface area (Å²) in [5.74, 6) is 0.855. The number of likely N-dealkylation sites (tertiary alicyclic amines) is 1. The Bertz CT molecular complexity index is 451. The molecule has 0 aromatic heterocycles. The first-order valence-corrected chi connectivity index (χ1v) is 8.37. The van der Waals surface area contributed by atoms with Crippen LogP contribution in [-0.2, 0) is 9.47 Å². The third-order valence-electron chi connectivity index (χ3n) is 4.53. The van der Waals surface area contributed by atoms with Gasteiger partial charge in [-0.2, -0.15) is 0 Å². The van der Waals surface area contributed by atoms with Crippen LogP contribution >= 0.6 is 11.6 Å². The molecular formula is C17H24ClNO2. The maximum Gasteiger partial charge on any atom is 0.184 e. The third-order valence-corrected chi connectivity index (χ3v) is 4.79. The number of nitrogens with zero attached hydrogens (tertiary/aromatic N) is 1. The quantitative estimate of drug-likeness (QED) is 0.842. The average molecular weight is 310 g/mol. The van der Waals surface area contributed by atoms with Crippen molar-refractivity contribution in [3.63, 3.8) is 0 Å². The molecule has 2 fully saturated rings. The van der Waals surface area contributed by atoms with Crippen molar-refractivity contribution in [2.75, 3.05) is 26.2 Å². The van der Waals surface area contributed by atoms with Crippen LogP contribution in [0.25, 0.3) is 0 Å². The number of hydrogen-bond donors (Lipinski definition) is 0. The molecule has 116 valence electrons. The predicted octanol–water partition coefficient (Wildman–Crippen LogP) is 3.88. The van der Waals surface area contributed by atoms with E-state index in [0.29, 0.717) is 6.61 Å². The molecule has 2 aliphatic rings. The highest BCUT2D eigenvalue weighted by Gasteiger charge is 2.30. The topological polar surface area (TPSA) is 21.7 Å². The molecule has 3 atom stereocenters. The molecule has 0 spiro atoms. The summed E-state index contributed by atoms with van der Waals surface area (Å²) in [6, 6.07) is 7.72. The van der Waals surface area contributed by atoms with Crippen molar-refractivity contribution in [3.05, 3.63) is 34.9 Å². The molecule has 1 aromatic carbocycles. The van der Waals surface area contributed by atoms with E-state index in [1.165, 1.54) is 32.4 Å². The fourth-order valence-corrected chi connectivity index (χ4v) is 3.40. The number of rotatable bonds is 4. The second kappa shape index (κ2) is 7.10. The van der Waals surface area contributed by atoms with Crippen molar-refractivity contribution in [1.29, 1.82) is 0 Å². The van der Waals surface area contributed by atoms with E-state index in [1.807, 2.05) is 24.3 Å². The van der Waals surface area contributed by atoms with Gasteiger partial charge < -0.3 is 14.4 Å². The van der Waals surface area contributed by atoms with Gasteiger partial charge in [0.25, 0.3) is 0 Å². The van der Waals surface area contributed by atoms with Gasteiger partial charge >= 0.3 is 0 Å². The summed E-state index contributed by atoms with van der Waals surface area (Å²) in [7, 11) is 0. The van der Waals surface area contributed by atoms with E-state index in [9.17, 15) is 0 Å². The highest BCUT2D eigenvalue weighted by atomic mass is 35.5. The zero-order valence-electron chi connectivity index (χ0n) is 12.6. The van der Waals surface area contributed by atoms with Crippen molar-refractivity contribution in [2.45, 2.75) is 38.6 Å².